The standard InChI is InChI=1S/C13H24N2O4/c1-5-13(10(16)17)7-6-8-15(13)11(18)14-12(2,3)9-19-4/h5-9H2,1-4H3,(H,14,18)(H,16,17). The van der Waals surface area contributed by atoms with Gasteiger partial charge in [-0.2, -0.15) is 0 Å². The number of likely N-dealkylation sites (tertiary alicyclic amines) is 1. The Morgan fingerprint density at radius 1 is 1.47 bits per heavy atom. The van der Waals surface area contributed by atoms with Gasteiger partial charge in [0.1, 0.15) is 5.54 Å². The van der Waals surface area contributed by atoms with Gasteiger partial charge in [0.05, 0.1) is 12.1 Å². The zero-order valence-corrected chi connectivity index (χ0v) is 12.2. The minimum atomic E-state index is -1.06. The van der Waals surface area contributed by atoms with Crippen LogP contribution >= 0.6 is 0 Å². The number of ether oxygens (including phenoxy) is 1. The molecule has 0 bridgehead atoms. The van der Waals surface area contributed by atoms with E-state index in [1.807, 2.05) is 13.8 Å². The van der Waals surface area contributed by atoms with Gasteiger partial charge in [-0.1, -0.05) is 6.92 Å². The van der Waals surface area contributed by atoms with E-state index in [0.717, 1.165) is 6.42 Å². The fourth-order valence-electron chi connectivity index (χ4n) is 2.67. The Hall–Kier alpha value is -1.30. The smallest absolute Gasteiger partial charge is 0.329 e. The van der Waals surface area contributed by atoms with Crippen LogP contribution in [0.5, 0.6) is 0 Å². The molecule has 2 N–H and O–H groups in total. The number of carbonyl (C=O) groups excluding carboxylic acids is 1. The van der Waals surface area contributed by atoms with Gasteiger partial charge in [-0.3, -0.25) is 0 Å². The van der Waals surface area contributed by atoms with Crippen molar-refractivity contribution in [1.82, 2.24) is 10.2 Å². The molecule has 1 fully saturated rings. The summed E-state index contributed by atoms with van der Waals surface area (Å²) in [5.74, 6) is -0.924. The predicted octanol–water partition coefficient (Wildman–Crippen LogP) is 1.45. The van der Waals surface area contributed by atoms with Crippen molar-refractivity contribution >= 4 is 12.0 Å². The third-order valence-electron chi connectivity index (χ3n) is 3.67. The first kappa shape index (κ1) is 15.8. The van der Waals surface area contributed by atoms with Gasteiger partial charge in [-0.25, -0.2) is 9.59 Å². The number of hydrogen-bond acceptors (Lipinski definition) is 3. The highest BCUT2D eigenvalue weighted by Crippen LogP contribution is 2.33. The van der Waals surface area contributed by atoms with Crippen molar-refractivity contribution in [3.05, 3.63) is 0 Å². The van der Waals surface area contributed by atoms with Gasteiger partial charge in [0.2, 0.25) is 0 Å². The van der Waals surface area contributed by atoms with Gasteiger partial charge in [0.15, 0.2) is 0 Å². The lowest BCUT2D eigenvalue weighted by molar-refractivity contribution is -0.148. The van der Waals surface area contributed by atoms with Gasteiger partial charge in [0, 0.05) is 13.7 Å². The fourth-order valence-corrected chi connectivity index (χ4v) is 2.67. The minimum absolute atomic E-state index is 0.330. The van der Waals surface area contributed by atoms with Crippen molar-refractivity contribution in [2.75, 3.05) is 20.3 Å². The van der Waals surface area contributed by atoms with Gasteiger partial charge in [-0.15, -0.1) is 0 Å². The lowest BCUT2D eigenvalue weighted by Gasteiger charge is -2.36. The molecule has 1 aliphatic heterocycles. The summed E-state index contributed by atoms with van der Waals surface area (Å²) in [5.41, 5.74) is -1.58. The number of aliphatic carboxylic acids is 1. The van der Waals surface area contributed by atoms with Gasteiger partial charge in [-0.05, 0) is 33.1 Å². The molecule has 6 heteroatoms. The molecular formula is C13H24N2O4. The molecule has 0 aliphatic carbocycles. The van der Waals surface area contributed by atoms with E-state index in [0.29, 0.717) is 26.0 Å². The van der Waals surface area contributed by atoms with Crippen LogP contribution in [-0.4, -0.2) is 53.3 Å². The molecule has 0 aromatic heterocycles. The van der Waals surface area contributed by atoms with Gasteiger partial charge < -0.3 is 20.1 Å². The molecule has 1 unspecified atom stereocenters. The van der Waals surface area contributed by atoms with Crippen molar-refractivity contribution < 1.29 is 19.4 Å². The topological polar surface area (TPSA) is 78.9 Å². The molecule has 1 saturated heterocycles. The average molecular weight is 272 g/mol. The Balaban J connectivity index is 2.84. The number of hydrogen-bond donors (Lipinski definition) is 2. The van der Waals surface area contributed by atoms with Gasteiger partial charge >= 0.3 is 12.0 Å². The van der Waals surface area contributed by atoms with E-state index in [9.17, 15) is 14.7 Å². The van der Waals surface area contributed by atoms with E-state index in [1.54, 1.807) is 14.0 Å². The monoisotopic (exact) mass is 272 g/mol. The Kier molecular flexibility index (Phi) is 4.79. The van der Waals surface area contributed by atoms with Gasteiger partial charge in [0.25, 0.3) is 0 Å². The minimum Gasteiger partial charge on any atom is -0.479 e. The molecule has 1 heterocycles. The summed E-state index contributed by atoms with van der Waals surface area (Å²) >= 11 is 0. The van der Waals surface area contributed by atoms with Crippen LogP contribution in [0, 0.1) is 0 Å². The molecule has 0 spiro atoms. The predicted molar refractivity (Wildman–Crippen MR) is 71.1 cm³/mol. The molecular weight excluding hydrogens is 248 g/mol. The SMILES string of the molecule is CCC1(C(=O)O)CCCN1C(=O)NC(C)(C)COC. The molecule has 0 saturated carbocycles. The number of nitrogens with one attached hydrogen (secondary N) is 1. The van der Waals surface area contributed by atoms with Crippen LogP contribution in [0.25, 0.3) is 0 Å². The van der Waals surface area contributed by atoms with E-state index < -0.39 is 17.0 Å². The number of carbonyl (C=O) groups is 2. The van der Waals surface area contributed by atoms with Crippen molar-refractivity contribution in [2.24, 2.45) is 0 Å². The Bertz CT molecular complexity index is 357. The Morgan fingerprint density at radius 2 is 2.11 bits per heavy atom. The summed E-state index contributed by atoms with van der Waals surface area (Å²) < 4.78 is 5.05. The zero-order chi connectivity index (χ0) is 14.7. The quantitative estimate of drug-likeness (QED) is 0.794. The average Bonchev–Trinajstić information content (AvgIpc) is 2.72. The first-order valence-electron chi connectivity index (χ1n) is 6.61. The van der Waals surface area contributed by atoms with E-state index in [4.69, 9.17) is 4.74 Å². The third-order valence-corrected chi connectivity index (χ3v) is 3.67. The molecule has 1 aliphatic rings. The molecule has 0 aromatic rings. The highest BCUT2D eigenvalue weighted by Gasteiger charge is 2.49. The maximum Gasteiger partial charge on any atom is 0.329 e. The maximum absolute atomic E-state index is 12.3. The highest BCUT2D eigenvalue weighted by molar-refractivity contribution is 5.87. The molecule has 19 heavy (non-hydrogen) atoms. The van der Waals surface area contributed by atoms with Crippen LogP contribution in [0.15, 0.2) is 0 Å². The summed E-state index contributed by atoms with van der Waals surface area (Å²) in [4.78, 5) is 25.3. The number of rotatable bonds is 5. The molecule has 2 amide bonds. The highest BCUT2D eigenvalue weighted by atomic mass is 16.5. The molecule has 110 valence electrons. The molecule has 0 radical (unpaired) electrons. The number of carboxylic acids is 1. The van der Waals surface area contributed by atoms with Crippen LogP contribution in [0.4, 0.5) is 4.79 Å². The number of urea groups is 1. The Labute approximate surface area is 114 Å². The number of carboxylic acid groups (broad SMARTS) is 1. The molecule has 0 aromatic carbocycles. The summed E-state index contributed by atoms with van der Waals surface area (Å²) in [6, 6.07) is -0.330. The van der Waals surface area contributed by atoms with Crippen molar-refractivity contribution in [2.45, 2.75) is 51.1 Å². The molecule has 1 rings (SSSR count). The second-order valence-electron chi connectivity index (χ2n) is 5.69. The number of methoxy groups -OCH3 is 1. The molecule has 6 nitrogen and oxygen atoms in total. The van der Waals surface area contributed by atoms with E-state index in [1.165, 1.54) is 4.90 Å². The van der Waals surface area contributed by atoms with Crippen LogP contribution < -0.4 is 5.32 Å². The third kappa shape index (κ3) is 3.18. The number of nitrogens with zero attached hydrogens (tertiary/aromatic N) is 1. The lowest BCUT2D eigenvalue weighted by atomic mass is 9.93. The normalized spacial score (nSPS) is 23.5. The van der Waals surface area contributed by atoms with Crippen LogP contribution in [0.3, 0.4) is 0 Å². The first-order valence-corrected chi connectivity index (χ1v) is 6.61. The fraction of sp³-hybridized carbons (Fsp3) is 0.846. The summed E-state index contributed by atoms with van der Waals surface area (Å²) in [6.07, 6.45) is 1.65. The summed E-state index contributed by atoms with van der Waals surface area (Å²) in [7, 11) is 1.57. The van der Waals surface area contributed by atoms with Crippen LogP contribution in [0.1, 0.15) is 40.0 Å². The van der Waals surface area contributed by atoms with Crippen molar-refractivity contribution in [1.29, 1.82) is 0 Å². The second kappa shape index (κ2) is 5.77. The van der Waals surface area contributed by atoms with Crippen molar-refractivity contribution in [3.63, 3.8) is 0 Å². The molecule has 1 atom stereocenters. The maximum atomic E-state index is 12.3. The number of amides is 2. The second-order valence-corrected chi connectivity index (χ2v) is 5.69. The largest absolute Gasteiger partial charge is 0.479 e. The summed E-state index contributed by atoms with van der Waals surface area (Å²) in [5, 5.41) is 12.3. The van der Waals surface area contributed by atoms with Crippen LogP contribution in [-0.2, 0) is 9.53 Å². The lowest BCUT2D eigenvalue weighted by Crippen LogP contribution is -2.59. The van der Waals surface area contributed by atoms with E-state index >= 15 is 0 Å². The van der Waals surface area contributed by atoms with E-state index in [2.05, 4.69) is 5.32 Å². The van der Waals surface area contributed by atoms with E-state index in [-0.39, 0.29) is 6.03 Å². The van der Waals surface area contributed by atoms with Crippen LogP contribution in [0.2, 0.25) is 0 Å². The summed E-state index contributed by atoms with van der Waals surface area (Å²) in [6.45, 7) is 6.35. The zero-order valence-electron chi connectivity index (χ0n) is 12.2. The van der Waals surface area contributed by atoms with Crippen molar-refractivity contribution in [3.8, 4) is 0 Å². The Morgan fingerprint density at radius 3 is 2.58 bits per heavy atom. The first-order chi connectivity index (χ1) is 8.79.